The lowest BCUT2D eigenvalue weighted by Gasteiger charge is -2.16. The molecular formula is C14H17F2N3O. The Balaban J connectivity index is 2.26. The largest absolute Gasteiger partial charge is 0.435 e. The highest BCUT2D eigenvalue weighted by Gasteiger charge is 2.15. The van der Waals surface area contributed by atoms with Crippen LogP contribution in [-0.4, -0.2) is 23.4 Å². The van der Waals surface area contributed by atoms with E-state index in [9.17, 15) is 8.78 Å². The van der Waals surface area contributed by atoms with Crippen molar-refractivity contribution in [2.75, 3.05) is 7.05 Å². The average Bonchev–Trinajstić information content (AvgIpc) is 2.88. The zero-order chi connectivity index (χ0) is 14.5. The number of alkyl halides is 2. The monoisotopic (exact) mass is 281 g/mol. The minimum Gasteiger partial charge on any atom is -0.435 e. The molecule has 0 aliphatic rings. The van der Waals surface area contributed by atoms with E-state index in [0.29, 0.717) is 0 Å². The van der Waals surface area contributed by atoms with Crippen LogP contribution in [0.15, 0.2) is 36.7 Å². The first-order valence-electron chi connectivity index (χ1n) is 6.38. The van der Waals surface area contributed by atoms with Crippen LogP contribution in [0.1, 0.15) is 24.1 Å². The molecule has 108 valence electrons. The van der Waals surface area contributed by atoms with Crippen LogP contribution >= 0.6 is 0 Å². The normalized spacial score (nSPS) is 12.7. The fourth-order valence-electron chi connectivity index (χ4n) is 2.10. The molecule has 0 fully saturated rings. The molecule has 0 radical (unpaired) electrons. The van der Waals surface area contributed by atoms with Crippen LogP contribution in [0.3, 0.4) is 0 Å². The van der Waals surface area contributed by atoms with Crippen molar-refractivity contribution < 1.29 is 13.5 Å². The number of benzene rings is 1. The number of halogens is 2. The number of aryl methyl sites for hydroxylation is 1. The van der Waals surface area contributed by atoms with Gasteiger partial charge in [-0.15, -0.1) is 0 Å². The van der Waals surface area contributed by atoms with Crippen LogP contribution in [0.4, 0.5) is 8.78 Å². The van der Waals surface area contributed by atoms with Gasteiger partial charge in [0.2, 0.25) is 0 Å². The number of ether oxygens (including phenoxy) is 1. The second-order valence-electron chi connectivity index (χ2n) is 4.30. The summed E-state index contributed by atoms with van der Waals surface area (Å²) in [5.41, 5.74) is 1.82. The molecule has 6 heteroatoms. The van der Waals surface area contributed by atoms with E-state index in [-0.39, 0.29) is 11.8 Å². The van der Waals surface area contributed by atoms with E-state index in [0.717, 1.165) is 17.7 Å². The van der Waals surface area contributed by atoms with Gasteiger partial charge in [-0.05, 0) is 31.7 Å². The van der Waals surface area contributed by atoms with E-state index in [1.54, 1.807) is 18.3 Å². The predicted octanol–water partition coefficient (Wildman–Crippen LogP) is 2.81. The van der Waals surface area contributed by atoms with Crippen molar-refractivity contribution in [3.05, 3.63) is 47.8 Å². The van der Waals surface area contributed by atoms with Gasteiger partial charge in [-0.1, -0.05) is 12.1 Å². The van der Waals surface area contributed by atoms with Gasteiger partial charge in [0, 0.05) is 18.3 Å². The number of rotatable bonds is 6. The third-order valence-electron chi connectivity index (χ3n) is 3.02. The third kappa shape index (κ3) is 3.33. The SMILES string of the molecule is CCn1cc(C(NC)c2cccc(OC(F)F)c2)cn1. The molecule has 0 saturated heterocycles. The van der Waals surface area contributed by atoms with Gasteiger partial charge in [-0.3, -0.25) is 4.68 Å². The maximum Gasteiger partial charge on any atom is 0.387 e. The van der Waals surface area contributed by atoms with E-state index < -0.39 is 6.61 Å². The molecule has 2 aromatic rings. The van der Waals surface area contributed by atoms with E-state index in [1.165, 1.54) is 6.07 Å². The van der Waals surface area contributed by atoms with Gasteiger partial charge in [-0.2, -0.15) is 13.9 Å². The summed E-state index contributed by atoms with van der Waals surface area (Å²) in [6.45, 7) is -0.0335. The quantitative estimate of drug-likeness (QED) is 0.885. The van der Waals surface area contributed by atoms with Crippen LogP contribution in [0, 0.1) is 0 Å². The summed E-state index contributed by atoms with van der Waals surface area (Å²) >= 11 is 0. The maximum atomic E-state index is 12.3. The Kier molecular flexibility index (Phi) is 4.68. The molecule has 2 rings (SSSR count). The van der Waals surface area contributed by atoms with Gasteiger partial charge in [0.1, 0.15) is 5.75 Å². The first-order chi connectivity index (χ1) is 9.63. The fraction of sp³-hybridized carbons (Fsp3) is 0.357. The van der Waals surface area contributed by atoms with Gasteiger partial charge in [-0.25, -0.2) is 0 Å². The van der Waals surface area contributed by atoms with E-state index in [1.807, 2.05) is 30.9 Å². The number of hydrogen-bond acceptors (Lipinski definition) is 3. The molecule has 0 saturated carbocycles. The molecule has 0 aliphatic heterocycles. The zero-order valence-electron chi connectivity index (χ0n) is 11.4. The first kappa shape index (κ1) is 14.5. The summed E-state index contributed by atoms with van der Waals surface area (Å²) in [5.74, 6) is 0.153. The Bertz CT molecular complexity index is 557. The van der Waals surface area contributed by atoms with Gasteiger partial charge >= 0.3 is 6.61 Å². The minimum atomic E-state index is -2.82. The molecule has 0 amide bonds. The Morgan fingerprint density at radius 3 is 2.75 bits per heavy atom. The summed E-state index contributed by atoms with van der Waals surface area (Å²) in [6.07, 6.45) is 3.70. The molecule has 0 bridgehead atoms. The molecular weight excluding hydrogens is 264 g/mol. The summed E-state index contributed by atoms with van der Waals surface area (Å²) in [7, 11) is 1.81. The van der Waals surface area contributed by atoms with E-state index in [4.69, 9.17) is 0 Å². The fourth-order valence-corrected chi connectivity index (χ4v) is 2.10. The minimum absolute atomic E-state index is 0.114. The standard InChI is InChI=1S/C14H17F2N3O/c1-3-19-9-11(8-18-19)13(17-2)10-5-4-6-12(7-10)20-14(15)16/h4-9,13-14,17H,3H2,1-2H3. The van der Waals surface area contributed by atoms with Crippen LogP contribution in [0.5, 0.6) is 5.75 Å². The van der Waals surface area contributed by atoms with Crippen molar-refractivity contribution in [1.82, 2.24) is 15.1 Å². The first-order valence-corrected chi connectivity index (χ1v) is 6.38. The molecule has 20 heavy (non-hydrogen) atoms. The highest BCUT2D eigenvalue weighted by Crippen LogP contribution is 2.25. The highest BCUT2D eigenvalue weighted by atomic mass is 19.3. The lowest BCUT2D eigenvalue weighted by molar-refractivity contribution is -0.0498. The lowest BCUT2D eigenvalue weighted by Crippen LogP contribution is -2.17. The summed E-state index contributed by atoms with van der Waals surface area (Å²) in [4.78, 5) is 0. The molecule has 0 spiro atoms. The van der Waals surface area contributed by atoms with Crippen molar-refractivity contribution in [1.29, 1.82) is 0 Å². The van der Waals surface area contributed by atoms with Crippen molar-refractivity contribution >= 4 is 0 Å². The summed E-state index contributed by atoms with van der Waals surface area (Å²) in [6, 6.07) is 6.57. The Labute approximate surface area is 116 Å². The van der Waals surface area contributed by atoms with Gasteiger partial charge in [0.15, 0.2) is 0 Å². The molecule has 0 aliphatic carbocycles. The Hall–Kier alpha value is -1.95. The van der Waals surface area contributed by atoms with Crippen molar-refractivity contribution in [2.45, 2.75) is 26.1 Å². The van der Waals surface area contributed by atoms with Crippen molar-refractivity contribution in [3.8, 4) is 5.75 Å². The second kappa shape index (κ2) is 6.47. The maximum absolute atomic E-state index is 12.3. The molecule has 1 N–H and O–H groups in total. The smallest absolute Gasteiger partial charge is 0.387 e. The summed E-state index contributed by atoms with van der Waals surface area (Å²) < 4.78 is 30.8. The zero-order valence-corrected chi connectivity index (χ0v) is 11.4. The number of nitrogens with zero attached hydrogens (tertiary/aromatic N) is 2. The van der Waals surface area contributed by atoms with Gasteiger partial charge in [0.25, 0.3) is 0 Å². The molecule has 4 nitrogen and oxygen atoms in total. The Morgan fingerprint density at radius 2 is 2.15 bits per heavy atom. The number of nitrogens with one attached hydrogen (secondary N) is 1. The Morgan fingerprint density at radius 1 is 1.35 bits per heavy atom. The van der Waals surface area contributed by atoms with Gasteiger partial charge in [0.05, 0.1) is 12.2 Å². The van der Waals surface area contributed by atoms with E-state index >= 15 is 0 Å². The molecule has 1 atom stereocenters. The molecule has 1 aromatic carbocycles. The van der Waals surface area contributed by atoms with Crippen LogP contribution in [0.2, 0.25) is 0 Å². The van der Waals surface area contributed by atoms with Gasteiger partial charge < -0.3 is 10.1 Å². The van der Waals surface area contributed by atoms with Crippen molar-refractivity contribution in [3.63, 3.8) is 0 Å². The molecule has 1 heterocycles. The predicted molar refractivity (Wildman–Crippen MR) is 71.9 cm³/mol. The number of aromatic nitrogens is 2. The number of hydrogen-bond donors (Lipinski definition) is 1. The van der Waals surface area contributed by atoms with Crippen LogP contribution < -0.4 is 10.1 Å². The average molecular weight is 281 g/mol. The third-order valence-corrected chi connectivity index (χ3v) is 3.02. The van der Waals surface area contributed by atoms with Crippen LogP contribution in [-0.2, 0) is 6.54 Å². The second-order valence-corrected chi connectivity index (χ2v) is 4.30. The lowest BCUT2D eigenvalue weighted by atomic mass is 10.0. The summed E-state index contributed by atoms with van der Waals surface area (Å²) in [5, 5.41) is 7.38. The topological polar surface area (TPSA) is 39.1 Å². The van der Waals surface area contributed by atoms with Crippen LogP contribution in [0.25, 0.3) is 0 Å². The van der Waals surface area contributed by atoms with E-state index in [2.05, 4.69) is 15.2 Å². The highest BCUT2D eigenvalue weighted by molar-refractivity contribution is 5.35. The molecule has 1 aromatic heterocycles. The molecule has 1 unspecified atom stereocenters. The van der Waals surface area contributed by atoms with Crippen molar-refractivity contribution in [2.24, 2.45) is 0 Å².